The van der Waals surface area contributed by atoms with Crippen LogP contribution in [-0.4, -0.2) is 25.5 Å². The van der Waals surface area contributed by atoms with Gasteiger partial charge in [-0.1, -0.05) is 41.9 Å². The highest BCUT2D eigenvalue weighted by Gasteiger charge is 2.10. The van der Waals surface area contributed by atoms with E-state index in [0.717, 1.165) is 5.56 Å². The number of carbonyl (C=O) groups is 1. The van der Waals surface area contributed by atoms with E-state index in [1.54, 1.807) is 35.0 Å². The van der Waals surface area contributed by atoms with Crippen LogP contribution in [0.4, 0.5) is 5.69 Å². The third-order valence-corrected chi connectivity index (χ3v) is 3.81. The monoisotopic (exact) mass is 349 g/mol. The van der Waals surface area contributed by atoms with Gasteiger partial charge in [0.2, 0.25) is 0 Å². The molecular weight excluding hydrogens is 338 g/mol. The number of carbonyl (C=O) groups excluding carboxylic acids is 1. The standard InChI is InChI=1S/C18H12ClN5O/c19-13-6-7-15(20-11-13)18(25)21-14-8-9-24-16(10-14)22-17(23-24)12-4-2-1-3-5-12/h1-11H,(H,21,25). The Labute approximate surface area is 148 Å². The van der Waals surface area contributed by atoms with Gasteiger partial charge in [-0.3, -0.25) is 4.79 Å². The third-order valence-electron chi connectivity index (χ3n) is 3.59. The molecule has 3 aromatic heterocycles. The van der Waals surface area contributed by atoms with E-state index < -0.39 is 0 Å². The van der Waals surface area contributed by atoms with Gasteiger partial charge in [-0.25, -0.2) is 14.5 Å². The first kappa shape index (κ1) is 15.3. The smallest absolute Gasteiger partial charge is 0.274 e. The largest absolute Gasteiger partial charge is 0.320 e. The summed E-state index contributed by atoms with van der Waals surface area (Å²) in [5, 5.41) is 7.71. The topological polar surface area (TPSA) is 72.2 Å². The second-order valence-corrected chi connectivity index (χ2v) is 5.77. The molecule has 0 aliphatic carbocycles. The van der Waals surface area contributed by atoms with E-state index in [1.807, 2.05) is 30.3 Å². The zero-order valence-electron chi connectivity index (χ0n) is 12.9. The molecule has 122 valence electrons. The molecule has 1 aromatic carbocycles. The number of hydrogen-bond donors (Lipinski definition) is 1. The molecular formula is C18H12ClN5O. The maximum absolute atomic E-state index is 12.2. The fraction of sp³-hybridized carbons (Fsp3) is 0. The Kier molecular flexibility index (Phi) is 3.87. The van der Waals surface area contributed by atoms with Crippen molar-refractivity contribution in [3.63, 3.8) is 0 Å². The van der Waals surface area contributed by atoms with Gasteiger partial charge in [0.15, 0.2) is 11.5 Å². The minimum Gasteiger partial charge on any atom is -0.320 e. The lowest BCUT2D eigenvalue weighted by atomic mass is 10.2. The van der Waals surface area contributed by atoms with E-state index in [9.17, 15) is 4.79 Å². The van der Waals surface area contributed by atoms with Crippen LogP contribution in [0, 0.1) is 0 Å². The molecule has 4 aromatic rings. The highest BCUT2D eigenvalue weighted by atomic mass is 35.5. The molecule has 0 unspecified atom stereocenters. The number of hydrogen-bond acceptors (Lipinski definition) is 4. The predicted molar refractivity (Wildman–Crippen MR) is 95.6 cm³/mol. The first-order valence-electron chi connectivity index (χ1n) is 7.54. The molecule has 6 nitrogen and oxygen atoms in total. The number of nitrogens with one attached hydrogen (secondary N) is 1. The Hall–Kier alpha value is -3.25. The Balaban J connectivity index is 1.61. The number of aromatic nitrogens is 4. The van der Waals surface area contributed by atoms with Gasteiger partial charge in [-0.15, -0.1) is 5.10 Å². The van der Waals surface area contributed by atoms with Crippen molar-refractivity contribution < 1.29 is 4.79 Å². The van der Waals surface area contributed by atoms with E-state index >= 15 is 0 Å². The van der Waals surface area contributed by atoms with Crippen molar-refractivity contribution in [3.05, 3.63) is 77.7 Å². The average Bonchev–Trinajstić information content (AvgIpc) is 3.06. The van der Waals surface area contributed by atoms with E-state index in [2.05, 4.69) is 20.4 Å². The minimum atomic E-state index is -0.316. The van der Waals surface area contributed by atoms with Gasteiger partial charge in [-0.05, 0) is 18.2 Å². The van der Waals surface area contributed by atoms with Gasteiger partial charge in [0.05, 0.1) is 5.02 Å². The maximum Gasteiger partial charge on any atom is 0.274 e. The van der Waals surface area contributed by atoms with E-state index in [-0.39, 0.29) is 11.6 Å². The van der Waals surface area contributed by atoms with Crippen molar-refractivity contribution in [2.45, 2.75) is 0 Å². The molecule has 0 fully saturated rings. The molecule has 0 saturated heterocycles. The highest BCUT2D eigenvalue weighted by Crippen LogP contribution is 2.18. The summed E-state index contributed by atoms with van der Waals surface area (Å²) in [5.41, 5.74) is 2.47. The van der Waals surface area contributed by atoms with Gasteiger partial charge in [0.25, 0.3) is 5.91 Å². The fourth-order valence-electron chi connectivity index (χ4n) is 2.37. The molecule has 0 saturated carbocycles. The molecule has 4 rings (SSSR count). The highest BCUT2D eigenvalue weighted by molar-refractivity contribution is 6.30. The average molecular weight is 350 g/mol. The minimum absolute atomic E-state index is 0.288. The Morgan fingerprint density at radius 1 is 1.08 bits per heavy atom. The molecule has 25 heavy (non-hydrogen) atoms. The van der Waals surface area contributed by atoms with Crippen molar-refractivity contribution in [1.29, 1.82) is 0 Å². The summed E-state index contributed by atoms with van der Waals surface area (Å²) < 4.78 is 1.67. The van der Waals surface area contributed by atoms with Crippen molar-refractivity contribution in [1.82, 2.24) is 19.6 Å². The number of fused-ring (bicyclic) bond motifs is 1. The van der Waals surface area contributed by atoms with Crippen LogP contribution < -0.4 is 5.32 Å². The number of nitrogens with zero attached hydrogens (tertiary/aromatic N) is 4. The molecule has 0 bridgehead atoms. The first-order chi connectivity index (χ1) is 12.2. The lowest BCUT2D eigenvalue weighted by molar-refractivity contribution is 0.102. The van der Waals surface area contributed by atoms with Gasteiger partial charge < -0.3 is 5.32 Å². The summed E-state index contributed by atoms with van der Waals surface area (Å²) in [6.07, 6.45) is 3.18. The SMILES string of the molecule is O=C(Nc1ccn2nc(-c3ccccc3)nc2c1)c1ccc(Cl)cn1. The first-order valence-corrected chi connectivity index (χ1v) is 7.91. The summed E-state index contributed by atoms with van der Waals surface area (Å²) >= 11 is 5.78. The lowest BCUT2D eigenvalue weighted by Crippen LogP contribution is -2.13. The van der Waals surface area contributed by atoms with Gasteiger partial charge in [0, 0.05) is 29.7 Å². The van der Waals surface area contributed by atoms with Crippen LogP contribution in [0.15, 0.2) is 67.0 Å². The summed E-state index contributed by atoms with van der Waals surface area (Å²) in [4.78, 5) is 20.7. The van der Waals surface area contributed by atoms with Crippen LogP contribution in [0.2, 0.25) is 5.02 Å². The second kappa shape index (κ2) is 6.33. The van der Waals surface area contributed by atoms with Gasteiger partial charge in [-0.2, -0.15) is 0 Å². The van der Waals surface area contributed by atoms with Crippen molar-refractivity contribution >= 4 is 28.8 Å². The maximum atomic E-state index is 12.2. The number of pyridine rings is 2. The number of benzene rings is 1. The van der Waals surface area contributed by atoms with Gasteiger partial charge >= 0.3 is 0 Å². The number of halogens is 1. The Bertz CT molecular complexity index is 1040. The molecule has 0 atom stereocenters. The third kappa shape index (κ3) is 3.20. The Morgan fingerprint density at radius 2 is 1.92 bits per heavy atom. The molecule has 7 heteroatoms. The molecule has 0 aliphatic heterocycles. The lowest BCUT2D eigenvalue weighted by Gasteiger charge is -2.04. The van der Waals surface area contributed by atoms with Gasteiger partial charge in [0.1, 0.15) is 5.69 Å². The molecule has 0 radical (unpaired) electrons. The number of amides is 1. The summed E-state index contributed by atoms with van der Waals surface area (Å²) in [6, 6.07) is 16.4. The van der Waals surface area contributed by atoms with Crippen LogP contribution in [-0.2, 0) is 0 Å². The van der Waals surface area contributed by atoms with Crippen LogP contribution in [0.5, 0.6) is 0 Å². The molecule has 3 heterocycles. The molecule has 1 N–H and O–H groups in total. The second-order valence-electron chi connectivity index (χ2n) is 5.34. The van der Waals surface area contributed by atoms with Crippen molar-refractivity contribution in [2.24, 2.45) is 0 Å². The van der Waals surface area contributed by atoms with E-state index in [0.29, 0.717) is 22.2 Å². The zero-order valence-corrected chi connectivity index (χ0v) is 13.7. The quantitative estimate of drug-likeness (QED) is 0.612. The van der Waals surface area contributed by atoms with Crippen LogP contribution in [0.3, 0.4) is 0 Å². The summed E-state index contributed by atoms with van der Waals surface area (Å²) in [6.45, 7) is 0. The van der Waals surface area contributed by atoms with Crippen molar-refractivity contribution in [3.8, 4) is 11.4 Å². The van der Waals surface area contributed by atoms with E-state index in [1.165, 1.54) is 6.20 Å². The Morgan fingerprint density at radius 3 is 2.68 bits per heavy atom. The molecule has 0 spiro atoms. The van der Waals surface area contributed by atoms with Crippen LogP contribution >= 0.6 is 11.6 Å². The number of rotatable bonds is 3. The normalized spacial score (nSPS) is 10.8. The van der Waals surface area contributed by atoms with Crippen LogP contribution in [0.1, 0.15) is 10.5 Å². The molecule has 1 amide bonds. The summed E-state index contributed by atoms with van der Waals surface area (Å²) in [7, 11) is 0. The van der Waals surface area contributed by atoms with Crippen LogP contribution in [0.25, 0.3) is 17.0 Å². The number of anilines is 1. The zero-order chi connectivity index (χ0) is 17.2. The van der Waals surface area contributed by atoms with Crippen molar-refractivity contribution in [2.75, 3.05) is 5.32 Å². The fourth-order valence-corrected chi connectivity index (χ4v) is 2.49. The van der Waals surface area contributed by atoms with E-state index in [4.69, 9.17) is 11.6 Å². The predicted octanol–water partition coefficient (Wildman–Crippen LogP) is 3.70. The summed E-state index contributed by atoms with van der Waals surface area (Å²) in [5.74, 6) is 0.312. The molecule has 0 aliphatic rings.